The molecule has 3 N–H and O–H groups in total. The van der Waals surface area contributed by atoms with Crippen LogP contribution in [0.3, 0.4) is 0 Å². The van der Waals surface area contributed by atoms with Crippen molar-refractivity contribution in [2.24, 2.45) is 5.92 Å². The minimum atomic E-state index is 0.328. The van der Waals surface area contributed by atoms with E-state index in [4.69, 9.17) is 4.98 Å². The first-order valence-electron chi connectivity index (χ1n) is 10.1. The lowest BCUT2D eigenvalue weighted by molar-refractivity contribution is 0.778. The number of nitrogens with zero attached hydrogens (tertiary/aromatic N) is 4. The Balaban J connectivity index is 1.72. The molecule has 0 saturated carbocycles. The van der Waals surface area contributed by atoms with E-state index in [0.717, 1.165) is 45.1 Å². The van der Waals surface area contributed by atoms with E-state index in [2.05, 4.69) is 57.5 Å². The van der Waals surface area contributed by atoms with Crippen LogP contribution in [0.1, 0.15) is 25.2 Å². The number of imidazole rings is 1. The molecule has 0 saturated heterocycles. The number of aromatic amines is 2. The number of aromatic nitrogens is 6. The third-order valence-corrected chi connectivity index (χ3v) is 4.98. The summed E-state index contributed by atoms with van der Waals surface area (Å²) in [4.78, 5) is 17.2. The van der Waals surface area contributed by atoms with Gasteiger partial charge in [-0.25, -0.2) is 9.97 Å². The van der Waals surface area contributed by atoms with Crippen molar-refractivity contribution in [3.05, 3.63) is 73.0 Å². The maximum atomic E-state index is 4.86. The van der Waals surface area contributed by atoms with E-state index in [1.165, 1.54) is 0 Å². The zero-order valence-electron chi connectivity index (χ0n) is 17.9. The van der Waals surface area contributed by atoms with Gasteiger partial charge in [-0.1, -0.05) is 39.2 Å². The Morgan fingerprint density at radius 3 is 2.81 bits per heavy atom. The van der Waals surface area contributed by atoms with Gasteiger partial charge >= 0.3 is 0 Å². The molecule has 0 fully saturated rings. The fourth-order valence-electron chi connectivity index (χ4n) is 3.11. The molecule has 4 rings (SSSR count). The van der Waals surface area contributed by atoms with Gasteiger partial charge in [0.2, 0.25) is 0 Å². The molecule has 0 aliphatic carbocycles. The Morgan fingerprint density at radius 1 is 1.19 bits per heavy atom. The number of allylic oxidation sites excluding steroid dienone is 3. The molecule has 4 heterocycles. The summed E-state index contributed by atoms with van der Waals surface area (Å²) < 4.78 is 0. The van der Waals surface area contributed by atoms with Gasteiger partial charge in [-0.2, -0.15) is 5.10 Å². The fraction of sp³-hybridized carbons (Fsp3) is 0.167. The number of H-pyrrole nitrogens is 2. The summed E-state index contributed by atoms with van der Waals surface area (Å²) in [6, 6.07) is 5.94. The molecule has 4 aromatic heterocycles. The number of fused-ring (bicyclic) bond motifs is 1. The summed E-state index contributed by atoms with van der Waals surface area (Å²) in [5.41, 5.74) is 7.58. The van der Waals surface area contributed by atoms with E-state index in [-0.39, 0.29) is 0 Å². The minimum Gasteiger partial charge on any atom is -0.358 e. The van der Waals surface area contributed by atoms with Crippen LogP contribution >= 0.6 is 0 Å². The van der Waals surface area contributed by atoms with E-state index >= 15 is 0 Å². The van der Waals surface area contributed by atoms with Crippen LogP contribution in [-0.4, -0.2) is 30.1 Å². The van der Waals surface area contributed by atoms with Gasteiger partial charge in [0.25, 0.3) is 0 Å². The van der Waals surface area contributed by atoms with Crippen LogP contribution < -0.4 is 5.32 Å². The lowest BCUT2D eigenvalue weighted by Gasteiger charge is -2.13. The van der Waals surface area contributed by atoms with Gasteiger partial charge in [-0.15, -0.1) is 0 Å². The molecular weight excluding hydrogens is 386 g/mol. The number of anilines is 1. The second kappa shape index (κ2) is 8.39. The first-order chi connectivity index (χ1) is 15.0. The quantitative estimate of drug-likeness (QED) is 0.349. The molecule has 7 heteroatoms. The van der Waals surface area contributed by atoms with E-state index in [0.29, 0.717) is 17.4 Å². The summed E-state index contributed by atoms with van der Waals surface area (Å²) in [7, 11) is 0. The van der Waals surface area contributed by atoms with Crippen LogP contribution in [0.5, 0.6) is 0 Å². The summed E-state index contributed by atoms with van der Waals surface area (Å²) in [5, 5.41) is 10.8. The van der Waals surface area contributed by atoms with Crippen LogP contribution in [0.2, 0.25) is 0 Å². The monoisotopic (exact) mass is 411 g/mol. The normalized spacial score (nSPS) is 11.5. The Hall–Kier alpha value is -4.00. The third kappa shape index (κ3) is 4.16. The minimum absolute atomic E-state index is 0.328. The molecule has 156 valence electrons. The molecule has 0 unspecified atom stereocenters. The molecule has 0 amide bonds. The predicted octanol–water partition coefficient (Wildman–Crippen LogP) is 5.50. The zero-order chi connectivity index (χ0) is 22.0. The van der Waals surface area contributed by atoms with Crippen molar-refractivity contribution in [3.63, 3.8) is 0 Å². The van der Waals surface area contributed by atoms with Gasteiger partial charge < -0.3 is 10.3 Å². The number of nitrogens with one attached hydrogen (secondary N) is 3. The first kappa shape index (κ1) is 20.3. The third-order valence-electron chi connectivity index (χ3n) is 4.98. The van der Waals surface area contributed by atoms with Gasteiger partial charge in [0.15, 0.2) is 11.5 Å². The lowest BCUT2D eigenvalue weighted by Crippen LogP contribution is -2.04. The van der Waals surface area contributed by atoms with Crippen LogP contribution in [0.25, 0.3) is 39.9 Å². The molecule has 0 bridgehead atoms. The van der Waals surface area contributed by atoms with Gasteiger partial charge in [0.1, 0.15) is 5.52 Å². The molecule has 0 aromatic carbocycles. The average molecular weight is 412 g/mol. The van der Waals surface area contributed by atoms with Gasteiger partial charge in [-0.3, -0.25) is 10.1 Å². The standard InChI is InChI=1S/C24H25N7/c1-6-7-8-19-16(5)27-24(29-19)23-22-21(30-31-23)10-9-20(28-22)17-11-18(13-25-12-17)26-15(4)14(2)3/h6-14,26H,1,4H2,2-3,5H3,(H,27,29)(H,30,31)/b8-7-. The van der Waals surface area contributed by atoms with Gasteiger partial charge in [0.05, 0.1) is 28.8 Å². The summed E-state index contributed by atoms with van der Waals surface area (Å²) in [5.74, 6) is 0.994. The number of hydrogen-bond donors (Lipinski definition) is 3. The van der Waals surface area contributed by atoms with Gasteiger partial charge in [-0.05, 0) is 37.1 Å². The van der Waals surface area contributed by atoms with Crippen molar-refractivity contribution < 1.29 is 0 Å². The van der Waals surface area contributed by atoms with Crippen molar-refractivity contribution in [2.75, 3.05) is 5.32 Å². The summed E-state index contributed by atoms with van der Waals surface area (Å²) in [6.07, 6.45) is 9.06. The highest BCUT2D eigenvalue weighted by Gasteiger charge is 2.16. The highest BCUT2D eigenvalue weighted by molar-refractivity contribution is 5.89. The molecule has 0 radical (unpaired) electrons. The van der Waals surface area contributed by atoms with E-state index in [1.54, 1.807) is 18.5 Å². The summed E-state index contributed by atoms with van der Waals surface area (Å²) in [6.45, 7) is 13.9. The smallest absolute Gasteiger partial charge is 0.161 e. The number of pyridine rings is 2. The molecular formula is C24H25N7. The van der Waals surface area contributed by atoms with Crippen LogP contribution in [0, 0.1) is 12.8 Å². The maximum Gasteiger partial charge on any atom is 0.161 e. The molecule has 0 aliphatic heterocycles. The Labute approximate surface area is 181 Å². The zero-order valence-corrected chi connectivity index (χ0v) is 17.9. The average Bonchev–Trinajstić information content (AvgIpc) is 3.34. The SMILES string of the molecule is C=C/C=C\c1nc(-c2n[nH]c3ccc(-c4cncc(NC(=C)C(C)C)c4)nc23)[nH]c1C. The Bertz CT molecular complexity index is 1290. The van der Waals surface area contributed by atoms with Crippen LogP contribution in [0.15, 0.2) is 61.6 Å². The first-order valence-corrected chi connectivity index (χ1v) is 10.1. The van der Waals surface area contributed by atoms with Crippen molar-refractivity contribution in [1.82, 2.24) is 30.1 Å². The van der Waals surface area contributed by atoms with E-state index < -0.39 is 0 Å². The second-order valence-corrected chi connectivity index (χ2v) is 7.62. The van der Waals surface area contributed by atoms with Crippen LogP contribution in [0.4, 0.5) is 5.69 Å². The Morgan fingerprint density at radius 2 is 2.03 bits per heavy atom. The van der Waals surface area contributed by atoms with Crippen molar-refractivity contribution in [3.8, 4) is 22.8 Å². The highest BCUT2D eigenvalue weighted by atomic mass is 15.2. The lowest BCUT2D eigenvalue weighted by atomic mass is 10.1. The molecule has 7 nitrogen and oxygen atoms in total. The maximum absolute atomic E-state index is 4.86. The largest absolute Gasteiger partial charge is 0.358 e. The topological polar surface area (TPSA) is 95.2 Å². The van der Waals surface area contributed by atoms with Crippen LogP contribution in [-0.2, 0) is 0 Å². The molecule has 31 heavy (non-hydrogen) atoms. The molecule has 0 spiro atoms. The molecule has 0 atom stereocenters. The highest BCUT2D eigenvalue weighted by Crippen LogP contribution is 2.28. The fourth-order valence-corrected chi connectivity index (χ4v) is 3.11. The number of hydrogen-bond acceptors (Lipinski definition) is 5. The van der Waals surface area contributed by atoms with Gasteiger partial charge in [0, 0.05) is 23.2 Å². The van der Waals surface area contributed by atoms with Crippen molar-refractivity contribution >= 4 is 22.8 Å². The summed E-state index contributed by atoms with van der Waals surface area (Å²) >= 11 is 0. The second-order valence-electron chi connectivity index (χ2n) is 7.62. The molecule has 0 aliphatic rings. The number of rotatable bonds is 7. The van der Waals surface area contributed by atoms with E-state index in [9.17, 15) is 0 Å². The van der Waals surface area contributed by atoms with E-state index in [1.807, 2.05) is 37.3 Å². The van der Waals surface area contributed by atoms with Crippen molar-refractivity contribution in [1.29, 1.82) is 0 Å². The number of aryl methyl sites for hydroxylation is 1. The van der Waals surface area contributed by atoms with Crippen molar-refractivity contribution in [2.45, 2.75) is 20.8 Å². The molecule has 4 aromatic rings. The predicted molar refractivity (Wildman–Crippen MR) is 126 cm³/mol. The Kier molecular flexibility index (Phi) is 5.49.